The minimum Gasteiger partial charge on any atom is -0.459 e. The van der Waals surface area contributed by atoms with Crippen LogP contribution in [0.15, 0.2) is 40.0 Å². The summed E-state index contributed by atoms with van der Waals surface area (Å²) in [5, 5.41) is 5.63. The zero-order valence-electron chi connectivity index (χ0n) is 14.2. The molecule has 1 aliphatic heterocycles. The summed E-state index contributed by atoms with van der Waals surface area (Å²) in [6.07, 6.45) is 2.27. The molecule has 1 atom stereocenters. The third-order valence-corrected chi connectivity index (χ3v) is 4.17. The van der Waals surface area contributed by atoms with Crippen LogP contribution in [0, 0.1) is 0 Å². The number of hydrogen-bond donors (Lipinski definition) is 2. The number of halogens is 1. The number of urea groups is 1. The zero-order valence-corrected chi connectivity index (χ0v) is 15.8. The van der Waals surface area contributed by atoms with Crippen LogP contribution in [0.2, 0.25) is 0 Å². The fourth-order valence-electron chi connectivity index (χ4n) is 2.62. The lowest BCUT2D eigenvalue weighted by molar-refractivity contribution is -0.143. The molecule has 0 bridgehead atoms. The standard InChI is InChI=1S/C18H23BrN2O3/c1-4-5-9-14-15(17(22)24-11(2)3)16(21-18(23)20-14)12-7-6-8-13(19)10-12/h6-8,10-11,16H,4-5,9H2,1-3H3,(H2,20,21,23). The van der Waals surface area contributed by atoms with Crippen LogP contribution in [0.3, 0.4) is 0 Å². The van der Waals surface area contributed by atoms with Gasteiger partial charge in [0.05, 0.1) is 17.7 Å². The second-order valence-corrected chi connectivity index (χ2v) is 6.95. The topological polar surface area (TPSA) is 67.4 Å². The molecule has 1 aromatic rings. The summed E-state index contributed by atoms with van der Waals surface area (Å²) >= 11 is 3.44. The summed E-state index contributed by atoms with van der Waals surface area (Å²) in [6, 6.07) is 6.75. The predicted octanol–water partition coefficient (Wildman–Crippen LogP) is 4.20. The van der Waals surface area contributed by atoms with Crippen LogP contribution in [-0.4, -0.2) is 18.1 Å². The number of unbranched alkanes of at least 4 members (excludes halogenated alkanes) is 1. The van der Waals surface area contributed by atoms with Gasteiger partial charge in [0.15, 0.2) is 0 Å². The second kappa shape index (κ2) is 8.33. The summed E-state index contributed by atoms with van der Waals surface area (Å²) in [7, 11) is 0. The maximum atomic E-state index is 12.7. The highest BCUT2D eigenvalue weighted by Crippen LogP contribution is 2.31. The third-order valence-electron chi connectivity index (χ3n) is 3.68. The van der Waals surface area contributed by atoms with Crippen molar-refractivity contribution in [2.45, 2.75) is 52.2 Å². The second-order valence-electron chi connectivity index (χ2n) is 6.04. The van der Waals surface area contributed by atoms with Gasteiger partial charge in [-0.2, -0.15) is 0 Å². The first-order valence-corrected chi connectivity index (χ1v) is 8.98. The Bertz CT molecular complexity index is 655. The maximum absolute atomic E-state index is 12.7. The smallest absolute Gasteiger partial charge is 0.338 e. The van der Waals surface area contributed by atoms with E-state index in [-0.39, 0.29) is 12.1 Å². The van der Waals surface area contributed by atoms with Crippen molar-refractivity contribution < 1.29 is 14.3 Å². The first-order chi connectivity index (χ1) is 11.4. The van der Waals surface area contributed by atoms with Gasteiger partial charge in [-0.25, -0.2) is 9.59 Å². The van der Waals surface area contributed by atoms with Gasteiger partial charge in [0.25, 0.3) is 0 Å². The van der Waals surface area contributed by atoms with E-state index in [2.05, 4.69) is 33.5 Å². The van der Waals surface area contributed by atoms with E-state index < -0.39 is 12.0 Å². The third kappa shape index (κ3) is 4.60. The van der Waals surface area contributed by atoms with Crippen molar-refractivity contribution in [3.8, 4) is 0 Å². The Hall–Kier alpha value is -1.82. The largest absolute Gasteiger partial charge is 0.459 e. The lowest BCUT2D eigenvalue weighted by atomic mass is 9.93. The highest BCUT2D eigenvalue weighted by atomic mass is 79.9. The number of nitrogens with one attached hydrogen (secondary N) is 2. The number of hydrogen-bond acceptors (Lipinski definition) is 3. The van der Waals surface area contributed by atoms with Crippen LogP contribution in [0.25, 0.3) is 0 Å². The monoisotopic (exact) mass is 394 g/mol. The van der Waals surface area contributed by atoms with Gasteiger partial charge in [0.1, 0.15) is 0 Å². The van der Waals surface area contributed by atoms with Gasteiger partial charge in [-0.05, 0) is 44.4 Å². The first kappa shape index (κ1) is 18.5. The molecule has 0 aromatic heterocycles. The van der Waals surface area contributed by atoms with Crippen molar-refractivity contribution >= 4 is 27.9 Å². The summed E-state index contributed by atoms with van der Waals surface area (Å²) in [4.78, 5) is 24.7. The molecule has 2 N–H and O–H groups in total. The van der Waals surface area contributed by atoms with Gasteiger partial charge in [-0.1, -0.05) is 41.4 Å². The minimum absolute atomic E-state index is 0.224. The molecule has 0 saturated heterocycles. The number of carbonyl (C=O) groups is 2. The molecule has 5 nitrogen and oxygen atoms in total. The fourth-order valence-corrected chi connectivity index (χ4v) is 3.04. The molecule has 0 saturated carbocycles. The average Bonchev–Trinajstić information content (AvgIpc) is 2.51. The first-order valence-electron chi connectivity index (χ1n) is 8.19. The molecular weight excluding hydrogens is 372 g/mol. The van der Waals surface area contributed by atoms with Crippen molar-refractivity contribution in [1.29, 1.82) is 0 Å². The van der Waals surface area contributed by atoms with Crippen LogP contribution in [0.5, 0.6) is 0 Å². The summed E-state index contributed by atoms with van der Waals surface area (Å²) < 4.78 is 6.31. The van der Waals surface area contributed by atoms with E-state index in [9.17, 15) is 9.59 Å². The Labute approximate surface area is 151 Å². The predicted molar refractivity (Wildman–Crippen MR) is 96.3 cm³/mol. The van der Waals surface area contributed by atoms with Crippen molar-refractivity contribution in [3.05, 3.63) is 45.6 Å². The van der Waals surface area contributed by atoms with E-state index in [1.54, 1.807) is 0 Å². The molecule has 2 rings (SSSR count). The highest BCUT2D eigenvalue weighted by Gasteiger charge is 2.33. The molecular formula is C18H23BrN2O3. The summed E-state index contributed by atoms with van der Waals surface area (Å²) in [5.74, 6) is -0.395. The van der Waals surface area contributed by atoms with Crippen molar-refractivity contribution in [1.82, 2.24) is 10.6 Å². The van der Waals surface area contributed by atoms with Crippen molar-refractivity contribution in [2.75, 3.05) is 0 Å². The number of amides is 2. The van der Waals surface area contributed by atoms with Gasteiger partial charge >= 0.3 is 12.0 Å². The maximum Gasteiger partial charge on any atom is 0.338 e. The number of allylic oxidation sites excluding steroid dienone is 1. The molecule has 6 heteroatoms. The Kier molecular flexibility index (Phi) is 6.43. The van der Waals surface area contributed by atoms with Crippen LogP contribution in [0.1, 0.15) is 51.6 Å². The van der Waals surface area contributed by atoms with Crippen molar-refractivity contribution in [3.63, 3.8) is 0 Å². The van der Waals surface area contributed by atoms with Crippen molar-refractivity contribution in [2.24, 2.45) is 0 Å². The molecule has 0 fully saturated rings. The van der Waals surface area contributed by atoms with Gasteiger partial charge in [0, 0.05) is 10.2 Å². The lowest BCUT2D eigenvalue weighted by Crippen LogP contribution is -2.46. The van der Waals surface area contributed by atoms with Gasteiger partial charge in [-0.15, -0.1) is 0 Å². The Morgan fingerprint density at radius 3 is 2.75 bits per heavy atom. The molecule has 2 amide bonds. The van der Waals surface area contributed by atoms with Gasteiger partial charge < -0.3 is 15.4 Å². The fraction of sp³-hybridized carbons (Fsp3) is 0.444. The van der Waals surface area contributed by atoms with E-state index in [4.69, 9.17) is 4.74 Å². The molecule has 1 aliphatic rings. The molecule has 130 valence electrons. The van der Waals surface area contributed by atoms with Crippen LogP contribution in [-0.2, 0) is 9.53 Å². The Morgan fingerprint density at radius 1 is 1.38 bits per heavy atom. The lowest BCUT2D eigenvalue weighted by Gasteiger charge is -2.30. The SMILES string of the molecule is CCCCC1=C(C(=O)OC(C)C)C(c2cccc(Br)c2)NC(=O)N1. The normalized spacial score (nSPS) is 17.5. The quantitative estimate of drug-likeness (QED) is 0.710. The van der Waals surface area contributed by atoms with Crippen LogP contribution in [0.4, 0.5) is 4.79 Å². The zero-order chi connectivity index (χ0) is 17.7. The molecule has 0 aliphatic carbocycles. The van der Waals surface area contributed by atoms with E-state index >= 15 is 0 Å². The number of carbonyl (C=O) groups excluding carboxylic acids is 2. The molecule has 1 heterocycles. The van der Waals surface area contributed by atoms with E-state index in [1.165, 1.54) is 0 Å². The molecule has 1 aromatic carbocycles. The number of esters is 1. The Balaban J connectivity index is 2.47. The summed E-state index contributed by atoms with van der Waals surface area (Å²) in [5.41, 5.74) is 1.97. The minimum atomic E-state index is -0.519. The number of rotatable bonds is 6. The summed E-state index contributed by atoms with van der Waals surface area (Å²) in [6.45, 7) is 5.70. The van der Waals surface area contributed by atoms with E-state index in [0.29, 0.717) is 17.7 Å². The van der Waals surface area contributed by atoms with E-state index in [0.717, 1.165) is 22.9 Å². The molecule has 24 heavy (non-hydrogen) atoms. The number of ether oxygens (including phenoxy) is 1. The molecule has 1 unspecified atom stereocenters. The van der Waals surface area contributed by atoms with Crippen LogP contribution >= 0.6 is 15.9 Å². The average molecular weight is 395 g/mol. The molecule has 0 spiro atoms. The van der Waals surface area contributed by atoms with E-state index in [1.807, 2.05) is 38.1 Å². The van der Waals surface area contributed by atoms with Crippen LogP contribution < -0.4 is 10.6 Å². The highest BCUT2D eigenvalue weighted by molar-refractivity contribution is 9.10. The van der Waals surface area contributed by atoms with Gasteiger partial charge in [0.2, 0.25) is 0 Å². The van der Waals surface area contributed by atoms with Gasteiger partial charge in [-0.3, -0.25) is 0 Å². The Morgan fingerprint density at radius 2 is 2.12 bits per heavy atom. The number of benzene rings is 1. The molecule has 0 radical (unpaired) electrons.